The molecule has 0 unspecified atom stereocenters. The SMILES string of the molecule is CC(C)C[C-]=NOC(C)C.[W].[W]. The Bertz CT molecular complexity index is 93.2. The summed E-state index contributed by atoms with van der Waals surface area (Å²) in [7, 11) is 0. The van der Waals surface area contributed by atoms with E-state index in [4.69, 9.17) is 4.84 Å². The predicted molar refractivity (Wildman–Crippen MR) is 43.1 cm³/mol. The monoisotopic (exact) mass is 510 g/mol. The van der Waals surface area contributed by atoms with E-state index in [2.05, 4.69) is 25.2 Å². The van der Waals surface area contributed by atoms with E-state index in [1.165, 1.54) is 0 Å². The number of hydrogen-bond acceptors (Lipinski definition) is 2. The van der Waals surface area contributed by atoms with Crippen molar-refractivity contribution in [2.24, 2.45) is 11.1 Å². The molecule has 0 aliphatic rings. The zero-order valence-corrected chi connectivity index (χ0v) is 13.9. The van der Waals surface area contributed by atoms with Gasteiger partial charge in [-0.1, -0.05) is 19.8 Å². The quantitative estimate of drug-likeness (QED) is 0.324. The molecule has 0 atom stereocenters. The van der Waals surface area contributed by atoms with Gasteiger partial charge < -0.3 is 16.2 Å². The van der Waals surface area contributed by atoms with E-state index in [-0.39, 0.29) is 48.2 Å². The summed E-state index contributed by atoms with van der Waals surface area (Å²) in [5.74, 6) is 0.611. The summed E-state index contributed by atoms with van der Waals surface area (Å²) >= 11 is 0. The molecule has 0 saturated heterocycles. The molecule has 0 aliphatic carbocycles. The average molecular weight is 510 g/mol. The molecular weight excluding hydrogens is 494 g/mol. The van der Waals surface area contributed by atoms with Gasteiger partial charge in [0.2, 0.25) is 0 Å². The summed E-state index contributed by atoms with van der Waals surface area (Å²) in [6.45, 7) is 8.14. The van der Waals surface area contributed by atoms with E-state index in [1.807, 2.05) is 13.8 Å². The van der Waals surface area contributed by atoms with Crippen LogP contribution in [0.25, 0.3) is 0 Å². The molecule has 0 bridgehead atoms. The van der Waals surface area contributed by atoms with Gasteiger partial charge in [-0.15, -0.1) is 0 Å². The molecule has 0 saturated carbocycles. The zero-order chi connectivity index (χ0) is 7.98. The first kappa shape index (κ1) is 18.6. The van der Waals surface area contributed by atoms with Crippen molar-refractivity contribution in [3.05, 3.63) is 0 Å². The minimum absolute atomic E-state index is 0. The minimum Gasteiger partial charge on any atom is -0.430 e. The fourth-order valence-corrected chi connectivity index (χ4v) is 0.363. The van der Waals surface area contributed by atoms with E-state index < -0.39 is 0 Å². The van der Waals surface area contributed by atoms with Gasteiger partial charge in [-0.25, -0.2) is 0 Å². The van der Waals surface area contributed by atoms with Crippen LogP contribution in [-0.4, -0.2) is 12.3 Å². The van der Waals surface area contributed by atoms with Gasteiger partial charge in [0, 0.05) is 42.1 Å². The van der Waals surface area contributed by atoms with Crippen LogP contribution in [0.1, 0.15) is 34.1 Å². The molecule has 0 amide bonds. The topological polar surface area (TPSA) is 21.6 Å². The summed E-state index contributed by atoms with van der Waals surface area (Å²) in [6.07, 6.45) is 3.85. The smallest absolute Gasteiger partial charge is 0.117 e. The molecule has 72 valence electrons. The van der Waals surface area contributed by atoms with Crippen molar-refractivity contribution >= 4 is 6.21 Å². The van der Waals surface area contributed by atoms with Gasteiger partial charge in [-0.05, 0) is 13.8 Å². The van der Waals surface area contributed by atoms with Crippen molar-refractivity contribution in [2.75, 3.05) is 0 Å². The normalized spacial score (nSPS) is 9.83. The van der Waals surface area contributed by atoms with E-state index >= 15 is 0 Å². The Balaban J connectivity index is -0.000000405. The molecule has 0 rings (SSSR count). The van der Waals surface area contributed by atoms with E-state index in [1.54, 1.807) is 0 Å². The van der Waals surface area contributed by atoms with Crippen LogP contribution < -0.4 is 0 Å². The molecule has 0 spiro atoms. The van der Waals surface area contributed by atoms with Gasteiger partial charge in [0.15, 0.2) is 0 Å². The van der Waals surface area contributed by atoms with Crippen LogP contribution >= 0.6 is 0 Å². The Morgan fingerprint density at radius 1 is 1.17 bits per heavy atom. The third-order valence-electron chi connectivity index (χ3n) is 0.828. The number of hydrogen-bond donors (Lipinski definition) is 0. The second kappa shape index (κ2) is 11.8. The second-order valence-corrected chi connectivity index (χ2v) is 3.00. The fraction of sp³-hybridized carbons (Fsp3) is 0.875. The van der Waals surface area contributed by atoms with Crippen molar-refractivity contribution in [2.45, 2.75) is 40.2 Å². The van der Waals surface area contributed by atoms with Crippen LogP contribution in [0.15, 0.2) is 5.16 Å². The number of nitrogens with zero attached hydrogens (tertiary/aromatic N) is 1. The molecule has 0 aromatic carbocycles. The molecule has 0 radical (unpaired) electrons. The first-order chi connectivity index (χ1) is 4.63. The summed E-state index contributed by atoms with van der Waals surface area (Å²) in [5, 5.41) is 3.66. The molecule has 0 aromatic rings. The first-order valence-corrected chi connectivity index (χ1v) is 3.71. The van der Waals surface area contributed by atoms with Crippen LogP contribution in [-0.2, 0) is 47.0 Å². The first-order valence-electron chi connectivity index (χ1n) is 3.71. The Hall–Kier alpha value is 0.847. The van der Waals surface area contributed by atoms with Gasteiger partial charge in [0.25, 0.3) is 0 Å². The summed E-state index contributed by atoms with van der Waals surface area (Å²) in [4.78, 5) is 4.91. The molecule has 0 fully saturated rings. The van der Waals surface area contributed by atoms with Crippen LogP contribution in [0.4, 0.5) is 0 Å². The third-order valence-corrected chi connectivity index (χ3v) is 0.828. The van der Waals surface area contributed by atoms with Crippen LogP contribution in [0.2, 0.25) is 0 Å². The van der Waals surface area contributed by atoms with Crippen molar-refractivity contribution < 1.29 is 47.0 Å². The van der Waals surface area contributed by atoms with Crippen LogP contribution in [0, 0.1) is 5.92 Å². The Morgan fingerprint density at radius 2 is 1.67 bits per heavy atom. The molecule has 0 aromatic heterocycles. The average Bonchev–Trinajstić information content (AvgIpc) is 1.79. The fourth-order valence-electron chi connectivity index (χ4n) is 0.363. The Morgan fingerprint density at radius 3 is 2.00 bits per heavy atom. The van der Waals surface area contributed by atoms with Crippen LogP contribution in [0.5, 0.6) is 0 Å². The van der Waals surface area contributed by atoms with Crippen molar-refractivity contribution in [1.82, 2.24) is 0 Å². The standard InChI is InChI=1S/C8H16NO.2W/c1-7(2)5-6-9-10-8(3)4;;/h7-8H,5H2,1-4H3;;/q-1;;. The maximum Gasteiger partial charge on any atom is 0.117 e. The Labute approximate surface area is 104 Å². The van der Waals surface area contributed by atoms with Gasteiger partial charge >= 0.3 is 0 Å². The molecular formula is C8H16NOW2-. The van der Waals surface area contributed by atoms with Crippen molar-refractivity contribution in [3.8, 4) is 0 Å². The van der Waals surface area contributed by atoms with Crippen molar-refractivity contribution in [1.29, 1.82) is 0 Å². The van der Waals surface area contributed by atoms with Crippen LogP contribution in [0.3, 0.4) is 0 Å². The molecule has 0 aliphatic heterocycles. The maximum absolute atomic E-state index is 4.91. The third kappa shape index (κ3) is 17.1. The van der Waals surface area contributed by atoms with Gasteiger partial charge in [-0.3, -0.25) is 0 Å². The van der Waals surface area contributed by atoms with Gasteiger partial charge in [0.1, 0.15) is 6.10 Å². The predicted octanol–water partition coefficient (Wildman–Crippen LogP) is 2.32. The number of rotatable bonds is 4. The van der Waals surface area contributed by atoms with E-state index in [0.717, 1.165) is 6.42 Å². The van der Waals surface area contributed by atoms with E-state index in [9.17, 15) is 0 Å². The zero-order valence-electron chi connectivity index (χ0n) is 8.03. The Kier molecular flexibility index (Phi) is 18.4. The van der Waals surface area contributed by atoms with Gasteiger partial charge in [-0.2, -0.15) is 6.42 Å². The van der Waals surface area contributed by atoms with Crippen molar-refractivity contribution in [3.63, 3.8) is 0 Å². The molecule has 4 heteroatoms. The molecule has 0 heterocycles. The second-order valence-electron chi connectivity index (χ2n) is 3.00. The summed E-state index contributed by atoms with van der Waals surface area (Å²) in [6, 6.07) is 0. The van der Waals surface area contributed by atoms with E-state index in [0.29, 0.717) is 5.92 Å². The maximum atomic E-state index is 4.91. The molecule has 2 nitrogen and oxygen atoms in total. The molecule has 12 heavy (non-hydrogen) atoms. The molecule has 0 N–H and O–H groups in total. The van der Waals surface area contributed by atoms with Gasteiger partial charge in [0.05, 0.1) is 0 Å². The summed E-state index contributed by atoms with van der Waals surface area (Å²) in [5.41, 5.74) is 0. The summed E-state index contributed by atoms with van der Waals surface area (Å²) < 4.78 is 0. The largest absolute Gasteiger partial charge is 0.430 e. The minimum atomic E-state index is 0.